The third-order valence-corrected chi connectivity index (χ3v) is 12.7. The molecule has 1 heterocycles. The number of likely N-dealkylation sites (N-methyl/N-ethyl adjacent to an activating group) is 2. The highest BCUT2D eigenvalue weighted by Crippen LogP contribution is 2.30. The smallest absolute Gasteiger partial charge is 0.254 e. The molecule has 10 atom stereocenters. The summed E-state index contributed by atoms with van der Waals surface area (Å²) in [4.78, 5) is 74.9. The van der Waals surface area contributed by atoms with Gasteiger partial charge in [-0.2, -0.15) is 0 Å². The van der Waals surface area contributed by atoms with Gasteiger partial charge in [-0.05, 0) is 67.2 Å². The molecule has 1 saturated heterocycles. The van der Waals surface area contributed by atoms with Gasteiger partial charge in [0, 0.05) is 40.4 Å². The fourth-order valence-corrected chi connectivity index (χ4v) is 8.79. The summed E-state index contributed by atoms with van der Waals surface area (Å²) in [5.74, 6) is -2.74. The van der Waals surface area contributed by atoms with Crippen molar-refractivity contribution in [2.24, 2.45) is 23.7 Å². The van der Waals surface area contributed by atoms with Crippen LogP contribution in [-0.2, 0) is 35.1 Å². The summed E-state index contributed by atoms with van der Waals surface area (Å²) in [5, 5.41) is 16.8. The minimum atomic E-state index is -0.916. The van der Waals surface area contributed by atoms with E-state index in [-0.39, 0.29) is 53.8 Å². The number of hydrogen-bond donors (Lipinski definition) is 3. The Labute approximate surface area is 365 Å². The van der Waals surface area contributed by atoms with Crippen molar-refractivity contribution in [3.05, 3.63) is 71.3 Å². The lowest BCUT2D eigenvalue weighted by atomic mass is 9.89. The number of rotatable bonds is 22. The second-order valence-electron chi connectivity index (χ2n) is 17.6. The topological polar surface area (TPSA) is 158 Å². The molecule has 3 N–H and O–H groups in total. The first-order valence-electron chi connectivity index (χ1n) is 22.2. The molecule has 340 valence electrons. The third-order valence-electron chi connectivity index (χ3n) is 12.7. The summed E-state index contributed by atoms with van der Waals surface area (Å²) in [7, 11) is 6.40. The Morgan fingerprint density at radius 3 is 1.97 bits per heavy atom. The average Bonchev–Trinajstić information content (AvgIpc) is 3.74. The van der Waals surface area contributed by atoms with Crippen LogP contribution in [0.3, 0.4) is 0 Å². The number of nitrogens with one attached hydrogen (secondary N) is 2. The number of aliphatic hydroxyl groups is 1. The summed E-state index contributed by atoms with van der Waals surface area (Å²) in [6, 6.07) is 13.3. The van der Waals surface area contributed by atoms with E-state index < -0.39 is 54.3 Å². The number of likely N-dealkylation sites (tertiary alicyclic amines) is 1. The van der Waals surface area contributed by atoms with Crippen LogP contribution in [0.5, 0.6) is 0 Å². The van der Waals surface area contributed by atoms with Crippen LogP contribution >= 0.6 is 0 Å². The van der Waals surface area contributed by atoms with Crippen LogP contribution in [0.25, 0.3) is 0 Å². The van der Waals surface area contributed by atoms with Gasteiger partial charge in [-0.3, -0.25) is 24.0 Å². The molecule has 3 rings (SSSR count). The predicted molar refractivity (Wildman–Crippen MR) is 238 cm³/mol. The highest BCUT2D eigenvalue weighted by molar-refractivity contribution is 5.98. The highest BCUT2D eigenvalue weighted by atomic mass is 16.5. The van der Waals surface area contributed by atoms with Crippen LogP contribution in [0.2, 0.25) is 0 Å². The van der Waals surface area contributed by atoms with E-state index in [1.165, 1.54) is 4.90 Å². The first-order chi connectivity index (χ1) is 28.8. The molecule has 2 aromatic carbocycles. The van der Waals surface area contributed by atoms with Crippen LogP contribution in [-0.4, -0.2) is 127 Å². The molecule has 61 heavy (non-hydrogen) atoms. The highest BCUT2D eigenvalue weighted by Gasteiger charge is 2.43. The maximum absolute atomic E-state index is 14.6. The molecule has 0 radical (unpaired) electrons. The minimum Gasteiger partial charge on any atom is -0.386 e. The van der Waals surface area contributed by atoms with Gasteiger partial charge in [0.05, 0.1) is 48.8 Å². The fourth-order valence-electron chi connectivity index (χ4n) is 8.79. The molecule has 1 aliphatic rings. The largest absolute Gasteiger partial charge is 0.386 e. The second-order valence-corrected chi connectivity index (χ2v) is 17.6. The summed E-state index contributed by atoms with van der Waals surface area (Å²) < 4.78 is 12.0. The van der Waals surface area contributed by atoms with E-state index in [1.807, 2.05) is 90.9 Å². The molecule has 0 aliphatic carbocycles. The Morgan fingerprint density at radius 1 is 0.820 bits per heavy atom. The number of amides is 5. The lowest BCUT2D eigenvalue weighted by molar-refractivity contribution is -0.148. The van der Waals surface area contributed by atoms with E-state index in [0.717, 1.165) is 18.4 Å². The zero-order chi connectivity index (χ0) is 45.7. The molecule has 0 spiro atoms. The number of nitrogens with zero attached hydrogens (tertiary/aromatic N) is 3. The van der Waals surface area contributed by atoms with Crippen LogP contribution < -0.4 is 10.6 Å². The number of benzene rings is 2. The molecule has 0 aromatic heterocycles. The summed E-state index contributed by atoms with van der Waals surface area (Å²) >= 11 is 0. The molecule has 0 saturated carbocycles. The van der Waals surface area contributed by atoms with Crippen molar-refractivity contribution in [2.45, 2.75) is 143 Å². The zero-order valence-electron chi connectivity index (χ0n) is 39.0. The van der Waals surface area contributed by atoms with E-state index in [9.17, 15) is 29.1 Å². The van der Waals surface area contributed by atoms with Crippen molar-refractivity contribution in [3.63, 3.8) is 0 Å². The Hall–Kier alpha value is -4.33. The summed E-state index contributed by atoms with van der Waals surface area (Å²) in [6.45, 7) is 17.6. The van der Waals surface area contributed by atoms with Crippen LogP contribution in [0, 0.1) is 23.7 Å². The van der Waals surface area contributed by atoms with Crippen molar-refractivity contribution >= 4 is 29.5 Å². The van der Waals surface area contributed by atoms with Gasteiger partial charge in [-0.15, -0.1) is 0 Å². The average molecular weight is 850 g/mol. The first kappa shape index (κ1) is 51.0. The van der Waals surface area contributed by atoms with E-state index in [0.29, 0.717) is 30.5 Å². The minimum absolute atomic E-state index is 0.0167. The SMILES string of the molecule is CCc1ccc(C(=O)N(C)[C@H](C(=O)N[C@H](C(=O)N(C)[C@@H]([C@@H](C)CC)[C@@H](CC(=O)N2CCC[C@H]2[C@H](OC)[C@@H](C)C(=O)N[C@H](C)[C@@H](O)c2ccccc2)OC)C(C)C)C(C)C)cc1. The number of carbonyl (C=O) groups excluding carboxylic acids is 5. The van der Waals surface area contributed by atoms with Gasteiger partial charge in [-0.25, -0.2) is 0 Å². The monoisotopic (exact) mass is 850 g/mol. The number of aryl methyl sites for hydroxylation is 1. The van der Waals surface area contributed by atoms with Gasteiger partial charge in [-0.1, -0.05) is 104 Å². The molecule has 1 aliphatic heterocycles. The van der Waals surface area contributed by atoms with Gasteiger partial charge in [0.25, 0.3) is 5.91 Å². The Balaban J connectivity index is 1.79. The van der Waals surface area contributed by atoms with Crippen LogP contribution in [0.1, 0.15) is 116 Å². The van der Waals surface area contributed by atoms with Gasteiger partial charge in [0.1, 0.15) is 12.1 Å². The van der Waals surface area contributed by atoms with Crippen molar-refractivity contribution < 1.29 is 38.6 Å². The van der Waals surface area contributed by atoms with Gasteiger partial charge < -0.3 is 39.9 Å². The first-order valence-corrected chi connectivity index (χ1v) is 22.2. The molecule has 5 amide bonds. The standard InChI is InChI=1S/C48H75N5O8/c1-14-31(7)42(52(11)48(59)40(29(3)4)50-46(57)41(30(5)6)51(10)47(58)36-25-23-34(15-2)24-26-36)38(60-12)28-39(54)53-27-19-22-37(53)44(61-13)32(8)45(56)49-33(9)43(55)35-20-17-16-18-21-35/h16-18,20-21,23-26,29-33,37-38,40-44,55H,14-15,19,22,27-28H2,1-13H3,(H,49,56)(H,50,57)/t31-,32+,33+,37-,38+,40-,41-,42-,43+,44+/m0/s1. The Kier molecular flexibility index (Phi) is 19.9. The number of methoxy groups -OCH3 is 2. The van der Waals surface area contributed by atoms with E-state index in [2.05, 4.69) is 10.6 Å². The summed E-state index contributed by atoms with van der Waals surface area (Å²) in [5.41, 5.74) is 2.28. The number of aliphatic hydroxyl groups excluding tert-OH is 1. The quantitative estimate of drug-likeness (QED) is 0.137. The van der Waals surface area contributed by atoms with Crippen molar-refractivity contribution in [1.29, 1.82) is 0 Å². The maximum atomic E-state index is 14.6. The van der Waals surface area contributed by atoms with Gasteiger partial charge >= 0.3 is 0 Å². The molecule has 2 aromatic rings. The molecular weight excluding hydrogens is 775 g/mol. The number of hydrogen-bond acceptors (Lipinski definition) is 8. The Morgan fingerprint density at radius 2 is 1.44 bits per heavy atom. The van der Waals surface area contributed by atoms with Crippen molar-refractivity contribution in [2.75, 3.05) is 34.9 Å². The van der Waals surface area contributed by atoms with E-state index in [4.69, 9.17) is 9.47 Å². The molecular formula is C48H75N5O8. The zero-order valence-corrected chi connectivity index (χ0v) is 39.0. The maximum Gasteiger partial charge on any atom is 0.254 e. The van der Waals surface area contributed by atoms with E-state index >= 15 is 0 Å². The normalized spacial score (nSPS) is 18.6. The molecule has 13 nitrogen and oxygen atoms in total. The molecule has 0 bridgehead atoms. The Bertz CT molecular complexity index is 1720. The number of carbonyl (C=O) groups is 5. The third kappa shape index (κ3) is 12.9. The molecule has 0 unspecified atom stereocenters. The summed E-state index contributed by atoms with van der Waals surface area (Å²) in [6.07, 6.45) is 0.714. The van der Waals surface area contributed by atoms with Crippen molar-refractivity contribution in [1.82, 2.24) is 25.3 Å². The fraction of sp³-hybridized carbons (Fsp3) is 0.646. The molecule has 13 heteroatoms. The van der Waals surface area contributed by atoms with E-state index in [1.54, 1.807) is 64.1 Å². The van der Waals surface area contributed by atoms with Crippen LogP contribution in [0.15, 0.2) is 54.6 Å². The lowest BCUT2D eigenvalue weighted by Gasteiger charge is -2.41. The predicted octanol–water partition coefficient (Wildman–Crippen LogP) is 5.65. The van der Waals surface area contributed by atoms with Crippen LogP contribution in [0.4, 0.5) is 0 Å². The van der Waals surface area contributed by atoms with Crippen molar-refractivity contribution in [3.8, 4) is 0 Å². The lowest BCUT2D eigenvalue weighted by Crippen LogP contribution is -2.60. The van der Waals surface area contributed by atoms with Gasteiger partial charge in [0.15, 0.2) is 0 Å². The second kappa shape index (κ2) is 23.8. The number of ether oxygens (including phenoxy) is 2. The molecule has 1 fully saturated rings. The van der Waals surface area contributed by atoms with Gasteiger partial charge in [0.2, 0.25) is 23.6 Å².